The Morgan fingerprint density at radius 3 is 2.61 bits per heavy atom. The molecule has 3 N–H and O–H groups in total. The number of imidazole rings is 1. The third kappa shape index (κ3) is 5.05. The molecule has 0 spiro atoms. The van der Waals surface area contributed by atoms with Crippen molar-refractivity contribution < 1.29 is 13.6 Å². The number of halogens is 2. The zero-order valence-electron chi connectivity index (χ0n) is 21.4. The number of carbonyl (C=O) groups is 1. The van der Waals surface area contributed by atoms with E-state index in [1.165, 1.54) is 29.5 Å². The van der Waals surface area contributed by atoms with Crippen molar-refractivity contribution in [2.45, 2.75) is 13.5 Å². The minimum Gasteiger partial charge on any atom is -0.347 e. The van der Waals surface area contributed by atoms with Gasteiger partial charge in [-0.3, -0.25) is 19.5 Å². The number of rotatable bonds is 7. The van der Waals surface area contributed by atoms with Crippen LogP contribution in [0.3, 0.4) is 0 Å². The second kappa shape index (κ2) is 10.7. The minimum atomic E-state index is -0.941. The average Bonchev–Trinajstić information content (AvgIpc) is 3.67. The van der Waals surface area contributed by atoms with Crippen LogP contribution in [0.2, 0.25) is 0 Å². The molecule has 4 aromatic heterocycles. The number of hydrogen-bond acceptors (Lipinski definition) is 8. The van der Waals surface area contributed by atoms with Gasteiger partial charge in [-0.25, -0.2) is 23.7 Å². The van der Waals surface area contributed by atoms with E-state index >= 15 is 0 Å². The van der Waals surface area contributed by atoms with Crippen LogP contribution in [0.5, 0.6) is 0 Å². The van der Waals surface area contributed by atoms with Crippen molar-refractivity contribution in [3.05, 3.63) is 111 Å². The first-order chi connectivity index (χ1) is 19.9. The zero-order chi connectivity index (χ0) is 28.5. The molecule has 0 radical (unpaired) electrons. The van der Waals surface area contributed by atoms with Gasteiger partial charge in [-0.1, -0.05) is 17.7 Å². The number of para-hydroxylation sites is 1. The quantitative estimate of drug-likeness (QED) is 0.244. The molecule has 13 heteroatoms. The van der Waals surface area contributed by atoms with Crippen LogP contribution in [-0.2, 0) is 6.54 Å². The van der Waals surface area contributed by atoms with Gasteiger partial charge >= 0.3 is 0 Å². The van der Waals surface area contributed by atoms with E-state index in [1.807, 2.05) is 6.92 Å². The number of carbonyl (C=O) groups excluding carboxylic acids is 1. The highest BCUT2D eigenvalue weighted by Crippen LogP contribution is 2.32. The third-order valence-corrected chi connectivity index (χ3v) is 6.90. The number of aryl methyl sites for hydroxylation is 1. The highest BCUT2D eigenvalue weighted by atomic mass is 32.1. The van der Waals surface area contributed by atoms with Crippen LogP contribution in [0.1, 0.15) is 21.7 Å². The lowest BCUT2D eigenvalue weighted by molar-refractivity contribution is 0.102. The summed E-state index contributed by atoms with van der Waals surface area (Å²) in [5, 5.41) is 8.28. The largest absolute Gasteiger partial charge is 0.347 e. The lowest BCUT2D eigenvalue weighted by atomic mass is 9.98. The molecule has 6 aromatic rings. The van der Waals surface area contributed by atoms with Crippen molar-refractivity contribution in [2.24, 2.45) is 0 Å². The second-order valence-corrected chi connectivity index (χ2v) is 9.83. The predicted molar refractivity (Wildman–Crippen MR) is 151 cm³/mol. The summed E-state index contributed by atoms with van der Waals surface area (Å²) in [4.78, 5) is 46.9. The fourth-order valence-electron chi connectivity index (χ4n) is 4.38. The van der Waals surface area contributed by atoms with Gasteiger partial charge in [0.25, 0.3) is 11.5 Å². The molecule has 2 aromatic carbocycles. The van der Waals surface area contributed by atoms with Crippen LogP contribution in [-0.4, -0.2) is 35.4 Å². The highest BCUT2D eigenvalue weighted by molar-refractivity contribution is 7.13. The summed E-state index contributed by atoms with van der Waals surface area (Å²) in [6, 6.07) is 11.2. The van der Waals surface area contributed by atoms with Crippen molar-refractivity contribution in [3.63, 3.8) is 0 Å². The first-order valence-corrected chi connectivity index (χ1v) is 13.2. The molecule has 6 rings (SSSR count). The van der Waals surface area contributed by atoms with E-state index in [0.717, 1.165) is 22.3 Å². The topological polar surface area (TPSA) is 130 Å². The predicted octanol–water partition coefficient (Wildman–Crippen LogP) is 5.08. The molecule has 204 valence electrons. The van der Waals surface area contributed by atoms with E-state index in [4.69, 9.17) is 4.98 Å². The summed E-state index contributed by atoms with van der Waals surface area (Å²) >= 11 is 1.27. The number of anilines is 2. The van der Waals surface area contributed by atoms with E-state index < -0.39 is 28.8 Å². The molecule has 0 atom stereocenters. The smallest absolute Gasteiger partial charge is 0.258 e. The van der Waals surface area contributed by atoms with Gasteiger partial charge in [0.15, 0.2) is 10.8 Å². The molecule has 41 heavy (non-hydrogen) atoms. The van der Waals surface area contributed by atoms with Crippen LogP contribution in [0.4, 0.5) is 19.9 Å². The Morgan fingerprint density at radius 2 is 1.88 bits per heavy atom. The molecular weight excluding hydrogens is 550 g/mol. The summed E-state index contributed by atoms with van der Waals surface area (Å²) in [5.41, 5.74) is 0.474. The van der Waals surface area contributed by atoms with Crippen LogP contribution in [0.25, 0.3) is 28.0 Å². The number of fused-ring (bicyclic) bond motifs is 1. The van der Waals surface area contributed by atoms with Gasteiger partial charge in [0.05, 0.1) is 12.2 Å². The molecule has 0 bridgehead atoms. The third-order valence-electron chi connectivity index (χ3n) is 6.21. The van der Waals surface area contributed by atoms with Crippen LogP contribution in [0.15, 0.2) is 77.3 Å². The number of H-pyrrole nitrogens is 1. The van der Waals surface area contributed by atoms with E-state index in [-0.39, 0.29) is 29.4 Å². The van der Waals surface area contributed by atoms with E-state index in [9.17, 15) is 18.4 Å². The number of pyridine rings is 1. The van der Waals surface area contributed by atoms with Crippen LogP contribution < -0.4 is 16.2 Å². The Balaban J connectivity index is 1.61. The van der Waals surface area contributed by atoms with E-state index in [2.05, 4.69) is 30.6 Å². The number of aromatic amines is 1. The number of nitrogens with zero attached hydrogens (tertiary/aromatic N) is 5. The van der Waals surface area contributed by atoms with E-state index in [1.54, 1.807) is 42.2 Å². The van der Waals surface area contributed by atoms with Gasteiger partial charge < -0.3 is 10.3 Å². The molecule has 4 heterocycles. The highest BCUT2D eigenvalue weighted by Gasteiger charge is 2.23. The Hall–Kier alpha value is -5.30. The van der Waals surface area contributed by atoms with Gasteiger partial charge in [0.1, 0.15) is 23.1 Å². The number of thiazole rings is 1. The summed E-state index contributed by atoms with van der Waals surface area (Å²) < 4.78 is 30.8. The van der Waals surface area contributed by atoms with Gasteiger partial charge in [-0.15, -0.1) is 11.3 Å². The van der Waals surface area contributed by atoms with E-state index in [0.29, 0.717) is 21.9 Å². The molecule has 10 nitrogen and oxygen atoms in total. The monoisotopic (exact) mass is 570 g/mol. The molecular formula is C28H20F2N8O2S. The normalized spacial score (nSPS) is 11.1. The maximum Gasteiger partial charge on any atom is 0.258 e. The van der Waals surface area contributed by atoms with Crippen molar-refractivity contribution in [2.75, 3.05) is 10.6 Å². The summed E-state index contributed by atoms with van der Waals surface area (Å²) in [7, 11) is 0. The fraction of sp³-hybridized carbons (Fsp3) is 0.0714. The van der Waals surface area contributed by atoms with Crippen molar-refractivity contribution in [1.82, 2.24) is 29.5 Å². The summed E-state index contributed by atoms with van der Waals surface area (Å²) in [5.74, 6) is -1.68. The molecule has 0 saturated carbocycles. The number of hydrogen-bond donors (Lipinski definition) is 3. The fourth-order valence-corrected chi connectivity index (χ4v) is 4.90. The molecule has 0 saturated heterocycles. The molecule has 0 fully saturated rings. The Bertz CT molecular complexity index is 1940. The molecule has 0 unspecified atom stereocenters. The van der Waals surface area contributed by atoms with Crippen molar-refractivity contribution in [3.8, 4) is 16.9 Å². The maximum atomic E-state index is 15.0. The van der Waals surface area contributed by atoms with Gasteiger partial charge in [0, 0.05) is 46.6 Å². The number of nitrogens with one attached hydrogen (secondary N) is 3. The maximum absolute atomic E-state index is 15.0. The average molecular weight is 571 g/mol. The Kier molecular flexibility index (Phi) is 6.77. The number of amides is 1. The van der Waals surface area contributed by atoms with Gasteiger partial charge in [-0.2, -0.15) is 4.98 Å². The SMILES string of the molecule is Cc1ccc(C(=O)Nc2nccs2)c(-c2nc(NCc3ncc[nH]3)nc3c2ccc(=O)n3-c2c(F)cccc2F)c1. The zero-order valence-corrected chi connectivity index (χ0v) is 22.2. The Labute approximate surface area is 234 Å². The molecule has 0 aliphatic heterocycles. The molecule has 0 aliphatic rings. The minimum absolute atomic E-state index is 0.0489. The number of aromatic nitrogens is 6. The Morgan fingerprint density at radius 1 is 1.05 bits per heavy atom. The second-order valence-electron chi connectivity index (χ2n) is 8.94. The number of benzene rings is 2. The van der Waals surface area contributed by atoms with Crippen molar-refractivity contribution >= 4 is 39.4 Å². The van der Waals surface area contributed by atoms with Crippen LogP contribution >= 0.6 is 11.3 Å². The van der Waals surface area contributed by atoms with Crippen LogP contribution in [0, 0.1) is 18.6 Å². The lowest BCUT2D eigenvalue weighted by Crippen LogP contribution is -2.22. The lowest BCUT2D eigenvalue weighted by Gasteiger charge is -2.17. The van der Waals surface area contributed by atoms with Gasteiger partial charge in [0.2, 0.25) is 5.95 Å². The standard InChI is InChI=1S/C28H20F2N8O2S/c1-15-5-6-16(26(40)37-28-33-11-12-41-28)18(13-15)23-17-7-8-22(39)38(24-19(29)3-2-4-20(24)30)25(17)36-27(35-23)34-14-21-31-9-10-32-21/h2-13H,14H2,1H3,(H,31,32)(H,33,37,40)(H,34,35,36). The van der Waals surface area contributed by atoms with Crippen molar-refractivity contribution in [1.29, 1.82) is 0 Å². The first-order valence-electron chi connectivity index (χ1n) is 12.3. The first kappa shape index (κ1) is 26.0. The molecule has 1 amide bonds. The summed E-state index contributed by atoms with van der Waals surface area (Å²) in [6.45, 7) is 2.05. The van der Waals surface area contributed by atoms with Gasteiger partial charge in [-0.05, 0) is 37.3 Å². The summed E-state index contributed by atoms with van der Waals surface area (Å²) in [6.07, 6.45) is 4.82. The molecule has 0 aliphatic carbocycles.